The Morgan fingerprint density at radius 1 is 1.11 bits per heavy atom. The van der Waals surface area contributed by atoms with Crippen molar-refractivity contribution in [1.29, 1.82) is 0 Å². The molecule has 0 radical (unpaired) electrons. The topological polar surface area (TPSA) is 162 Å². The summed E-state index contributed by atoms with van der Waals surface area (Å²) in [7, 11) is 0. The van der Waals surface area contributed by atoms with E-state index in [-0.39, 0.29) is 94.1 Å². The number of anilines is 1. The fraction of sp³-hybridized carbons (Fsp3) is 0.500. The van der Waals surface area contributed by atoms with Crippen LogP contribution >= 0.6 is 23.5 Å². The second-order valence-electron chi connectivity index (χ2n) is 11.8. The number of hydrogen-bond donors (Lipinski definition) is 1. The maximum Gasteiger partial charge on any atom is 1.00 e. The zero-order chi connectivity index (χ0) is 32.2. The fourth-order valence-corrected chi connectivity index (χ4v) is 8.48. The van der Waals surface area contributed by atoms with Crippen LogP contribution in [0.2, 0.25) is 0 Å². The van der Waals surface area contributed by atoms with Gasteiger partial charge < -0.3 is 39.3 Å². The summed E-state index contributed by atoms with van der Waals surface area (Å²) in [5.74, 6) is -3.51. The Labute approximate surface area is 323 Å². The number of carbonyl (C=O) groups excluding carboxylic acids is 3. The zero-order valence-corrected chi connectivity index (χ0v) is 32.3. The Morgan fingerprint density at radius 3 is 2.38 bits per heavy atom. The molecule has 1 aromatic heterocycles. The summed E-state index contributed by atoms with van der Waals surface area (Å²) in [6.45, 7) is 5.48. The minimum absolute atomic E-state index is 0. The zero-order valence-electron chi connectivity index (χ0n) is 26.7. The van der Waals surface area contributed by atoms with Gasteiger partial charge in [0.1, 0.15) is 5.82 Å². The number of aromatic carboxylic acids is 1. The number of aliphatic hydroxyl groups is 1. The van der Waals surface area contributed by atoms with E-state index >= 15 is 4.39 Å². The second-order valence-corrected chi connectivity index (χ2v) is 13.8. The molecule has 1 amide bonds. The van der Waals surface area contributed by atoms with Crippen molar-refractivity contribution in [2.45, 2.75) is 44.9 Å². The molecule has 1 N–H and O–H groups in total. The van der Waals surface area contributed by atoms with Crippen LogP contribution in [0.25, 0.3) is 10.9 Å². The number of aliphatic hydroxyl groups excluding tert-OH is 1. The molecule has 12 nitrogen and oxygen atoms in total. The second kappa shape index (κ2) is 15.5. The van der Waals surface area contributed by atoms with E-state index < -0.39 is 40.8 Å². The third-order valence-electron chi connectivity index (χ3n) is 8.90. The van der Waals surface area contributed by atoms with Gasteiger partial charge in [0, 0.05) is 53.0 Å². The Morgan fingerprint density at radius 2 is 1.79 bits per heavy atom. The molecule has 47 heavy (non-hydrogen) atoms. The molecule has 3 fully saturated rings. The summed E-state index contributed by atoms with van der Waals surface area (Å²) < 4.78 is 17.0. The van der Waals surface area contributed by atoms with E-state index in [1.807, 2.05) is 16.8 Å². The number of aliphatic carboxylic acids is 1. The third-order valence-corrected chi connectivity index (χ3v) is 11.1. The van der Waals surface area contributed by atoms with Gasteiger partial charge in [-0.05, 0) is 31.9 Å². The maximum absolute atomic E-state index is 15.2. The first-order valence-corrected chi connectivity index (χ1v) is 16.9. The number of carbonyl (C=O) groups is 3. The molecule has 3 aliphatic heterocycles. The summed E-state index contributed by atoms with van der Waals surface area (Å²) in [5, 5.41) is 39.7. The molecule has 1 saturated carbocycles. The molecule has 2 saturated heterocycles. The predicted octanol–water partition coefficient (Wildman–Crippen LogP) is -5.80. The molecule has 1 aromatic carbocycles. The molecule has 4 heterocycles. The Kier molecular flexibility index (Phi) is 12.7. The number of halogens is 1. The number of nitrogens with zero attached hydrogens (tertiary/aromatic N) is 5. The van der Waals surface area contributed by atoms with Crippen LogP contribution in [0, 0.1) is 17.7 Å². The number of amides is 1. The van der Waals surface area contributed by atoms with E-state index in [4.69, 9.17) is 0 Å². The van der Waals surface area contributed by atoms with Gasteiger partial charge >= 0.3 is 59.1 Å². The predicted molar refractivity (Wildman–Crippen MR) is 165 cm³/mol. The van der Waals surface area contributed by atoms with E-state index in [1.165, 1.54) is 34.6 Å². The first-order valence-electron chi connectivity index (χ1n) is 14.8. The van der Waals surface area contributed by atoms with Gasteiger partial charge in [-0.3, -0.25) is 14.6 Å². The van der Waals surface area contributed by atoms with Crippen molar-refractivity contribution in [3.8, 4) is 0 Å². The molecule has 1 aliphatic carbocycles. The van der Waals surface area contributed by atoms with Gasteiger partial charge in [0.25, 0.3) is 0 Å². The van der Waals surface area contributed by atoms with Gasteiger partial charge in [-0.1, -0.05) is 6.92 Å². The monoisotopic (exact) mass is 703 g/mol. The number of carboxylic acids is 2. The van der Waals surface area contributed by atoms with Crippen molar-refractivity contribution in [2.75, 3.05) is 42.6 Å². The number of aromatic nitrogens is 1. The maximum atomic E-state index is 15.2. The van der Waals surface area contributed by atoms with Gasteiger partial charge in [0.2, 0.25) is 5.91 Å². The number of thioether (sulfide) groups is 2. The van der Waals surface area contributed by atoms with Crippen LogP contribution in [0.1, 0.15) is 43.1 Å². The molecule has 4 atom stereocenters. The first kappa shape index (κ1) is 38.2. The number of β-lactam (4-membered cyclic amide) rings is 1. The number of benzene rings is 1. The molecular formula is C30H32FN5Na2O7S2. The van der Waals surface area contributed by atoms with Crippen LogP contribution in [0.5, 0.6) is 0 Å². The van der Waals surface area contributed by atoms with E-state index in [0.717, 1.165) is 18.9 Å². The molecule has 0 bridgehead atoms. The van der Waals surface area contributed by atoms with Gasteiger partial charge in [0.15, 0.2) is 5.43 Å². The molecule has 6 rings (SSSR count). The quantitative estimate of drug-likeness (QED) is 0.0781. The van der Waals surface area contributed by atoms with E-state index in [2.05, 4.69) is 5.10 Å². The number of hydrogen-bond acceptors (Lipinski definition) is 12. The number of hydrazone groups is 1. The van der Waals surface area contributed by atoms with Crippen LogP contribution < -0.4 is 79.7 Å². The van der Waals surface area contributed by atoms with Crippen LogP contribution in [0.3, 0.4) is 0 Å². The van der Waals surface area contributed by atoms with Crippen molar-refractivity contribution in [1.82, 2.24) is 14.5 Å². The molecule has 2 aromatic rings. The van der Waals surface area contributed by atoms with E-state index in [9.17, 15) is 34.5 Å². The van der Waals surface area contributed by atoms with Crippen LogP contribution in [-0.2, 0) is 9.59 Å². The number of piperazine rings is 1. The normalized spacial score (nSPS) is 23.0. The molecule has 0 spiro atoms. The standard InChI is InChI=1S/C30H34FN5O7S2.2Na/c1-15-24-23(16(2)37)28(39)36(24)25(30(42)43)27(15)45-10-9-44-14-32-34-7-5-33(6-8-34)22-12-21-18(11-20(22)31)26(38)19(29(40)41)13-35(21)17-3-4-17;;/h11-17,23-24,37H,3-10H2,1-2H3,(H,40,41)(H,42,43);;/q;2*+1/p-2/t15?,16-,23+,24+;;/m1../s1. The minimum Gasteiger partial charge on any atom is -0.545 e. The van der Waals surface area contributed by atoms with Crippen molar-refractivity contribution in [3.05, 3.63) is 50.5 Å². The minimum atomic E-state index is -1.57. The van der Waals surface area contributed by atoms with Crippen molar-refractivity contribution < 1.29 is 93.2 Å². The van der Waals surface area contributed by atoms with Crippen molar-refractivity contribution in [3.63, 3.8) is 0 Å². The summed E-state index contributed by atoms with van der Waals surface area (Å²) in [4.78, 5) is 52.3. The van der Waals surface area contributed by atoms with Crippen LogP contribution in [0.4, 0.5) is 10.1 Å². The molecule has 17 heteroatoms. The summed E-state index contributed by atoms with van der Waals surface area (Å²) in [6.07, 6.45) is 2.16. The first-order chi connectivity index (χ1) is 21.5. The van der Waals surface area contributed by atoms with Crippen LogP contribution in [-0.4, -0.2) is 92.8 Å². The number of fused-ring (bicyclic) bond motifs is 2. The summed E-state index contributed by atoms with van der Waals surface area (Å²) in [6, 6.07) is 2.46. The summed E-state index contributed by atoms with van der Waals surface area (Å²) >= 11 is 2.85. The molecule has 240 valence electrons. The van der Waals surface area contributed by atoms with Crippen molar-refractivity contribution >= 4 is 63.5 Å². The van der Waals surface area contributed by atoms with Gasteiger partial charge in [-0.15, -0.1) is 23.5 Å². The average molecular weight is 704 g/mol. The number of carboxylic acid groups (broad SMARTS) is 2. The largest absolute Gasteiger partial charge is 1.00 e. The van der Waals surface area contributed by atoms with Crippen LogP contribution in [0.15, 0.2) is 38.8 Å². The van der Waals surface area contributed by atoms with Gasteiger partial charge in [0.05, 0.1) is 71.1 Å². The smallest absolute Gasteiger partial charge is 0.545 e. The molecular weight excluding hydrogens is 671 g/mol. The number of rotatable bonds is 11. The van der Waals surface area contributed by atoms with Gasteiger partial charge in [-0.2, -0.15) is 5.10 Å². The Bertz CT molecular complexity index is 1690. The third kappa shape index (κ3) is 7.34. The van der Waals surface area contributed by atoms with Crippen molar-refractivity contribution in [2.24, 2.45) is 16.9 Å². The number of pyridine rings is 1. The summed E-state index contributed by atoms with van der Waals surface area (Å²) in [5.41, 5.74) is 1.28. The van der Waals surface area contributed by atoms with Gasteiger partial charge in [-0.25, -0.2) is 4.39 Å². The van der Waals surface area contributed by atoms with E-state index in [0.29, 0.717) is 53.8 Å². The average Bonchev–Trinajstić information content (AvgIpc) is 3.80. The fourth-order valence-electron chi connectivity index (χ4n) is 6.51. The van der Waals surface area contributed by atoms with E-state index in [1.54, 1.807) is 23.1 Å². The Balaban J connectivity index is 0.00000250. The SMILES string of the molecule is CC1C(SCCSC=NN2CCN(c3cc4c(cc3F)c(=O)c(C(=O)[O-])cn4C3CC3)CC2)=C(C(=O)[O-])N2C(=O)[C@@H]([C@@H](C)O)[C@H]12.[Na+].[Na+]. The molecule has 1 unspecified atom stereocenters. The molecule has 4 aliphatic rings. The Hall–Kier alpha value is -1.56.